The lowest BCUT2D eigenvalue weighted by atomic mass is 10.0. The van der Waals surface area contributed by atoms with E-state index in [1.807, 2.05) is 0 Å². The fraction of sp³-hybridized carbons (Fsp3) is 0.500. The number of nitrogens with two attached hydrogens (primary N) is 1. The van der Waals surface area contributed by atoms with Crippen molar-refractivity contribution in [3.63, 3.8) is 0 Å². The molecule has 0 aromatic heterocycles. The Morgan fingerprint density at radius 1 is 1.26 bits per heavy atom. The first-order chi connectivity index (χ1) is 11.0. The smallest absolute Gasteiger partial charge is 0.269 e. The summed E-state index contributed by atoms with van der Waals surface area (Å²) < 4.78 is 0. The van der Waals surface area contributed by atoms with E-state index in [4.69, 9.17) is 5.73 Å². The van der Waals surface area contributed by atoms with Crippen molar-refractivity contribution < 1.29 is 14.5 Å². The normalized spacial score (nSPS) is 16.0. The zero-order chi connectivity index (χ0) is 16.8. The number of primary amides is 1. The molecule has 2 amide bonds. The van der Waals surface area contributed by atoms with Crippen LogP contribution in [0.4, 0.5) is 5.69 Å². The lowest BCUT2D eigenvalue weighted by Crippen LogP contribution is -2.46. The van der Waals surface area contributed by atoms with Crippen LogP contribution in [0.5, 0.6) is 0 Å². The van der Waals surface area contributed by atoms with Gasteiger partial charge in [0.1, 0.15) is 6.04 Å². The van der Waals surface area contributed by atoms with Gasteiger partial charge < -0.3 is 11.1 Å². The molecular formula is C16H21N3O4. The Bertz CT molecular complexity index is 579. The first-order valence-corrected chi connectivity index (χ1v) is 7.77. The molecule has 0 bridgehead atoms. The van der Waals surface area contributed by atoms with Gasteiger partial charge in [0.15, 0.2) is 0 Å². The van der Waals surface area contributed by atoms with Crippen LogP contribution in [0.25, 0.3) is 0 Å². The van der Waals surface area contributed by atoms with Gasteiger partial charge in [-0.2, -0.15) is 0 Å². The maximum absolute atomic E-state index is 12.0. The molecule has 1 aliphatic rings. The minimum atomic E-state index is -0.801. The molecule has 1 aromatic rings. The second-order valence-electron chi connectivity index (χ2n) is 6.00. The molecule has 1 fully saturated rings. The number of nitrogens with zero attached hydrogens (tertiary/aromatic N) is 1. The van der Waals surface area contributed by atoms with Gasteiger partial charge in [-0.05, 0) is 24.3 Å². The first-order valence-electron chi connectivity index (χ1n) is 7.77. The Balaban J connectivity index is 1.93. The fourth-order valence-electron chi connectivity index (χ4n) is 2.94. The number of non-ortho nitro benzene ring substituents is 1. The molecule has 7 nitrogen and oxygen atoms in total. The van der Waals surface area contributed by atoms with Crippen LogP contribution in [0.2, 0.25) is 0 Å². The van der Waals surface area contributed by atoms with Crippen LogP contribution in [0, 0.1) is 16.0 Å². The molecule has 1 aromatic carbocycles. The van der Waals surface area contributed by atoms with E-state index in [2.05, 4.69) is 5.32 Å². The van der Waals surface area contributed by atoms with Gasteiger partial charge in [-0.25, -0.2) is 0 Å². The van der Waals surface area contributed by atoms with E-state index in [9.17, 15) is 19.7 Å². The molecule has 0 saturated heterocycles. The highest BCUT2D eigenvalue weighted by Crippen LogP contribution is 2.27. The van der Waals surface area contributed by atoms with Gasteiger partial charge in [0.2, 0.25) is 11.8 Å². The minimum Gasteiger partial charge on any atom is -0.368 e. The fourth-order valence-corrected chi connectivity index (χ4v) is 2.94. The zero-order valence-electron chi connectivity index (χ0n) is 12.9. The molecule has 0 unspecified atom stereocenters. The maximum atomic E-state index is 12.0. The summed E-state index contributed by atoms with van der Waals surface area (Å²) in [4.78, 5) is 33.7. The van der Waals surface area contributed by atoms with E-state index in [-0.39, 0.29) is 18.0 Å². The van der Waals surface area contributed by atoms with Crippen LogP contribution < -0.4 is 11.1 Å². The van der Waals surface area contributed by atoms with Crippen LogP contribution in [-0.2, 0) is 16.0 Å². The number of benzene rings is 1. The average Bonchev–Trinajstić information content (AvgIpc) is 2.99. The number of nitrogens with one attached hydrogen (secondary N) is 1. The van der Waals surface area contributed by atoms with E-state index in [0.717, 1.165) is 25.7 Å². The van der Waals surface area contributed by atoms with Gasteiger partial charge in [0.25, 0.3) is 5.69 Å². The molecule has 23 heavy (non-hydrogen) atoms. The Hall–Kier alpha value is -2.44. The highest BCUT2D eigenvalue weighted by Gasteiger charge is 2.23. The van der Waals surface area contributed by atoms with Gasteiger partial charge in [-0.15, -0.1) is 0 Å². The molecule has 2 rings (SSSR count). The molecule has 0 spiro atoms. The van der Waals surface area contributed by atoms with Gasteiger partial charge in [0.05, 0.1) is 4.92 Å². The topological polar surface area (TPSA) is 115 Å². The molecule has 1 atom stereocenters. The molecular weight excluding hydrogens is 298 g/mol. The van der Waals surface area contributed by atoms with E-state index in [1.54, 1.807) is 12.1 Å². The Labute approximate surface area is 134 Å². The molecule has 0 aliphatic heterocycles. The van der Waals surface area contributed by atoms with Gasteiger partial charge in [-0.3, -0.25) is 19.7 Å². The van der Waals surface area contributed by atoms with Crippen molar-refractivity contribution in [2.24, 2.45) is 11.7 Å². The standard InChI is InChI=1S/C16H21N3O4/c17-16(21)14(18-15(20)10-11-3-1-2-4-11)9-12-5-7-13(8-6-12)19(22)23/h5-8,11,14H,1-4,9-10H2,(H2,17,21)(H,18,20)/t14-/m0/s1. The third-order valence-corrected chi connectivity index (χ3v) is 4.21. The molecule has 1 saturated carbocycles. The first kappa shape index (κ1) is 16.9. The Morgan fingerprint density at radius 2 is 1.87 bits per heavy atom. The van der Waals surface area contributed by atoms with Gasteiger partial charge >= 0.3 is 0 Å². The summed E-state index contributed by atoms with van der Waals surface area (Å²) in [6.07, 6.45) is 5.06. The number of rotatable bonds is 7. The second-order valence-corrected chi connectivity index (χ2v) is 6.00. The van der Waals surface area contributed by atoms with Crippen LogP contribution in [-0.4, -0.2) is 22.8 Å². The van der Waals surface area contributed by atoms with E-state index in [1.165, 1.54) is 12.1 Å². The third-order valence-electron chi connectivity index (χ3n) is 4.21. The van der Waals surface area contributed by atoms with E-state index in [0.29, 0.717) is 17.9 Å². The average molecular weight is 319 g/mol. The van der Waals surface area contributed by atoms with E-state index >= 15 is 0 Å². The predicted molar refractivity (Wildman–Crippen MR) is 84.5 cm³/mol. The van der Waals surface area contributed by atoms with Crippen molar-refractivity contribution in [3.8, 4) is 0 Å². The van der Waals surface area contributed by atoms with Crippen molar-refractivity contribution in [2.75, 3.05) is 0 Å². The van der Waals surface area contributed by atoms with Crippen molar-refractivity contribution in [2.45, 2.75) is 44.6 Å². The van der Waals surface area contributed by atoms with Crippen molar-refractivity contribution >= 4 is 17.5 Å². The minimum absolute atomic E-state index is 0.0188. The number of carbonyl (C=O) groups excluding carboxylic acids is 2. The Kier molecular flexibility index (Phi) is 5.67. The molecule has 7 heteroatoms. The zero-order valence-corrected chi connectivity index (χ0v) is 12.9. The molecule has 3 N–H and O–H groups in total. The number of carbonyl (C=O) groups is 2. The summed E-state index contributed by atoms with van der Waals surface area (Å²) in [6.45, 7) is 0. The molecule has 0 heterocycles. The van der Waals surface area contributed by atoms with Crippen LogP contribution in [0.1, 0.15) is 37.7 Å². The lowest BCUT2D eigenvalue weighted by Gasteiger charge is -2.17. The van der Waals surface area contributed by atoms with Crippen LogP contribution in [0.3, 0.4) is 0 Å². The Morgan fingerprint density at radius 3 is 2.39 bits per heavy atom. The summed E-state index contributed by atoms with van der Waals surface area (Å²) in [5.41, 5.74) is 6.05. The number of nitro benzene ring substituents is 1. The van der Waals surface area contributed by atoms with Crippen molar-refractivity contribution in [3.05, 3.63) is 39.9 Å². The van der Waals surface area contributed by atoms with E-state index < -0.39 is 16.9 Å². The number of hydrogen-bond donors (Lipinski definition) is 2. The van der Waals surface area contributed by atoms with Gasteiger partial charge in [-0.1, -0.05) is 25.0 Å². The lowest BCUT2D eigenvalue weighted by molar-refractivity contribution is -0.384. The van der Waals surface area contributed by atoms with Crippen molar-refractivity contribution in [1.82, 2.24) is 5.32 Å². The SMILES string of the molecule is NC(=O)[C@H](Cc1ccc([N+](=O)[O-])cc1)NC(=O)CC1CCCC1. The highest BCUT2D eigenvalue weighted by atomic mass is 16.6. The van der Waals surface area contributed by atoms with Crippen LogP contribution >= 0.6 is 0 Å². The monoisotopic (exact) mass is 319 g/mol. The largest absolute Gasteiger partial charge is 0.368 e. The number of hydrogen-bond acceptors (Lipinski definition) is 4. The molecule has 124 valence electrons. The predicted octanol–water partition coefficient (Wildman–Crippen LogP) is 1.69. The van der Waals surface area contributed by atoms with Crippen LogP contribution in [0.15, 0.2) is 24.3 Å². The van der Waals surface area contributed by atoms with Crippen molar-refractivity contribution in [1.29, 1.82) is 0 Å². The summed E-state index contributed by atoms with van der Waals surface area (Å²) >= 11 is 0. The third kappa shape index (κ3) is 5.05. The summed E-state index contributed by atoms with van der Waals surface area (Å²) in [7, 11) is 0. The summed E-state index contributed by atoms with van der Waals surface area (Å²) in [6, 6.07) is 5.07. The summed E-state index contributed by atoms with van der Waals surface area (Å²) in [5.74, 6) is -0.381. The number of nitro groups is 1. The molecule has 0 radical (unpaired) electrons. The maximum Gasteiger partial charge on any atom is 0.269 e. The quantitative estimate of drug-likeness (QED) is 0.587. The highest BCUT2D eigenvalue weighted by molar-refractivity contribution is 5.86. The number of amides is 2. The summed E-state index contributed by atoms with van der Waals surface area (Å²) in [5, 5.41) is 13.3. The molecule has 1 aliphatic carbocycles. The van der Waals surface area contributed by atoms with Gasteiger partial charge in [0, 0.05) is 25.0 Å². The second kappa shape index (κ2) is 7.71.